The highest BCUT2D eigenvalue weighted by Gasteiger charge is 2.08. The van der Waals surface area contributed by atoms with Crippen molar-refractivity contribution in [1.82, 2.24) is 4.98 Å². The van der Waals surface area contributed by atoms with Crippen LogP contribution in [0.25, 0.3) is 5.76 Å². The maximum Gasteiger partial charge on any atom is 0.262 e. The highest BCUT2D eigenvalue weighted by atomic mass is 16.5. The predicted octanol–water partition coefficient (Wildman–Crippen LogP) is 1.56. The molecule has 1 rings (SSSR count). The number of aliphatic hydroxyl groups excluding tert-OH is 1. The van der Waals surface area contributed by atoms with E-state index in [1.807, 2.05) is 13.0 Å². The Kier molecular flexibility index (Phi) is 3.52. The molecule has 0 radical (unpaired) electrons. The van der Waals surface area contributed by atoms with E-state index >= 15 is 0 Å². The molecule has 1 heterocycles. The Morgan fingerprint density at radius 1 is 1.77 bits per heavy atom. The Morgan fingerprint density at radius 2 is 2.54 bits per heavy atom. The van der Waals surface area contributed by atoms with Crippen LogP contribution < -0.4 is 0 Å². The molecule has 1 aromatic rings. The molecule has 0 bridgehead atoms. The maximum absolute atomic E-state index is 8.74. The van der Waals surface area contributed by atoms with E-state index < -0.39 is 0 Å². The fraction of sp³-hybridized carbons (Fsp3) is 0.444. The van der Waals surface area contributed by atoms with Gasteiger partial charge in [0.2, 0.25) is 0 Å². The molecule has 1 N–H and O–H groups in total. The number of hydrogen-bond donors (Lipinski definition) is 1. The van der Waals surface area contributed by atoms with Gasteiger partial charge in [-0.2, -0.15) is 0 Å². The van der Waals surface area contributed by atoms with E-state index in [-0.39, 0.29) is 6.61 Å². The molecular weight excluding hydrogens is 170 g/mol. The Balaban J connectivity index is 2.85. The molecule has 1 aromatic heterocycles. The van der Waals surface area contributed by atoms with Gasteiger partial charge in [-0.25, -0.2) is 4.98 Å². The smallest absolute Gasteiger partial charge is 0.262 e. The van der Waals surface area contributed by atoms with Crippen LogP contribution in [0.3, 0.4) is 0 Å². The van der Waals surface area contributed by atoms with Crippen LogP contribution in [-0.2, 0) is 11.3 Å². The van der Waals surface area contributed by atoms with Crippen molar-refractivity contribution in [2.24, 2.45) is 0 Å². The van der Waals surface area contributed by atoms with Crippen molar-refractivity contribution < 1.29 is 14.3 Å². The molecular formula is C9H13NO3. The van der Waals surface area contributed by atoms with Gasteiger partial charge >= 0.3 is 0 Å². The van der Waals surface area contributed by atoms with Gasteiger partial charge in [0.05, 0.1) is 13.3 Å². The van der Waals surface area contributed by atoms with E-state index in [9.17, 15) is 0 Å². The largest absolute Gasteiger partial charge is 0.491 e. The first-order valence-corrected chi connectivity index (χ1v) is 4.11. The Hall–Kier alpha value is -1.29. The zero-order chi connectivity index (χ0) is 9.68. The molecule has 0 aliphatic carbocycles. The third kappa shape index (κ3) is 2.32. The van der Waals surface area contributed by atoms with Crippen LogP contribution in [0.4, 0.5) is 0 Å². The van der Waals surface area contributed by atoms with Crippen molar-refractivity contribution in [3.05, 3.63) is 23.9 Å². The lowest BCUT2D eigenvalue weighted by Crippen LogP contribution is -1.86. The molecule has 72 valence electrons. The van der Waals surface area contributed by atoms with Crippen LogP contribution in [0.5, 0.6) is 0 Å². The monoisotopic (exact) mass is 183 g/mol. The average molecular weight is 183 g/mol. The quantitative estimate of drug-likeness (QED) is 0.720. The molecule has 4 heteroatoms. The number of hydrogen-bond acceptors (Lipinski definition) is 4. The maximum atomic E-state index is 8.74. The first-order valence-electron chi connectivity index (χ1n) is 4.11. The second-order valence-electron chi connectivity index (χ2n) is 2.47. The molecule has 0 atom stereocenters. The van der Waals surface area contributed by atoms with Gasteiger partial charge in [-0.3, -0.25) is 0 Å². The minimum atomic E-state index is -0.143. The van der Waals surface area contributed by atoms with Crippen LogP contribution >= 0.6 is 0 Å². The number of oxazole rings is 1. The van der Waals surface area contributed by atoms with E-state index in [1.54, 1.807) is 7.11 Å². The fourth-order valence-corrected chi connectivity index (χ4v) is 0.938. The number of ether oxygens (including phenoxy) is 1. The van der Waals surface area contributed by atoms with Crippen LogP contribution in [-0.4, -0.2) is 17.2 Å². The summed E-state index contributed by atoms with van der Waals surface area (Å²) in [6, 6.07) is 0. The minimum absolute atomic E-state index is 0.143. The molecule has 0 fully saturated rings. The first kappa shape index (κ1) is 9.80. The van der Waals surface area contributed by atoms with Gasteiger partial charge in [0.15, 0.2) is 5.76 Å². The number of aromatic nitrogens is 1. The standard InChI is InChI=1S/C9H13NO3/c1-3-4-8(12-2)9-10-5-7(6-11)13-9/h4-5,11H,3,6H2,1-2H3/b8-4-. The summed E-state index contributed by atoms with van der Waals surface area (Å²) >= 11 is 0. The van der Waals surface area contributed by atoms with Gasteiger partial charge in [0, 0.05) is 0 Å². The molecule has 0 aliphatic heterocycles. The number of rotatable bonds is 4. The normalized spacial score (nSPS) is 11.8. The van der Waals surface area contributed by atoms with Gasteiger partial charge in [-0.15, -0.1) is 0 Å². The number of nitrogens with zero attached hydrogens (tertiary/aromatic N) is 1. The number of allylic oxidation sites excluding steroid dienone is 1. The van der Waals surface area contributed by atoms with Crippen molar-refractivity contribution in [2.45, 2.75) is 20.0 Å². The first-order chi connectivity index (χ1) is 6.31. The van der Waals surface area contributed by atoms with E-state index in [2.05, 4.69) is 4.98 Å². The molecule has 0 saturated heterocycles. The molecule has 13 heavy (non-hydrogen) atoms. The summed E-state index contributed by atoms with van der Waals surface area (Å²) in [6.45, 7) is 1.85. The van der Waals surface area contributed by atoms with Crippen molar-refractivity contribution in [3.63, 3.8) is 0 Å². The van der Waals surface area contributed by atoms with Gasteiger partial charge in [0.25, 0.3) is 5.89 Å². The lowest BCUT2D eigenvalue weighted by molar-refractivity contribution is 0.243. The third-order valence-corrected chi connectivity index (χ3v) is 1.53. The summed E-state index contributed by atoms with van der Waals surface area (Å²) in [5.41, 5.74) is 0. The second kappa shape index (κ2) is 4.67. The van der Waals surface area contributed by atoms with Crippen molar-refractivity contribution in [3.8, 4) is 0 Å². The van der Waals surface area contributed by atoms with E-state index in [4.69, 9.17) is 14.3 Å². The lowest BCUT2D eigenvalue weighted by Gasteiger charge is -1.99. The summed E-state index contributed by atoms with van der Waals surface area (Å²) < 4.78 is 10.2. The molecule has 0 aromatic carbocycles. The minimum Gasteiger partial charge on any atom is -0.491 e. The van der Waals surface area contributed by atoms with Gasteiger partial charge in [-0.05, 0) is 12.5 Å². The zero-order valence-corrected chi connectivity index (χ0v) is 7.78. The van der Waals surface area contributed by atoms with Gasteiger partial charge in [-0.1, -0.05) is 6.92 Å². The third-order valence-electron chi connectivity index (χ3n) is 1.53. The summed E-state index contributed by atoms with van der Waals surface area (Å²) in [6.07, 6.45) is 4.20. The Labute approximate surface area is 76.9 Å². The molecule has 4 nitrogen and oxygen atoms in total. The number of methoxy groups -OCH3 is 1. The van der Waals surface area contributed by atoms with Crippen LogP contribution in [0.15, 0.2) is 16.7 Å². The summed E-state index contributed by atoms with van der Waals surface area (Å²) in [5.74, 6) is 1.45. The molecule has 0 unspecified atom stereocenters. The summed E-state index contributed by atoms with van der Waals surface area (Å²) in [7, 11) is 1.56. The van der Waals surface area contributed by atoms with E-state index in [1.165, 1.54) is 6.20 Å². The van der Waals surface area contributed by atoms with Gasteiger partial charge in [0.1, 0.15) is 12.4 Å². The van der Waals surface area contributed by atoms with Gasteiger partial charge < -0.3 is 14.3 Å². The summed E-state index contributed by atoms with van der Waals surface area (Å²) in [4.78, 5) is 3.96. The number of aliphatic hydroxyl groups is 1. The van der Waals surface area contributed by atoms with Crippen molar-refractivity contribution in [2.75, 3.05) is 7.11 Å². The van der Waals surface area contributed by atoms with Crippen molar-refractivity contribution in [1.29, 1.82) is 0 Å². The lowest BCUT2D eigenvalue weighted by atomic mass is 10.4. The van der Waals surface area contributed by atoms with Crippen LogP contribution in [0.2, 0.25) is 0 Å². The Bertz CT molecular complexity index is 291. The van der Waals surface area contributed by atoms with Crippen LogP contribution in [0.1, 0.15) is 25.0 Å². The second-order valence-corrected chi connectivity index (χ2v) is 2.47. The topological polar surface area (TPSA) is 55.5 Å². The highest BCUT2D eigenvalue weighted by Crippen LogP contribution is 2.15. The van der Waals surface area contributed by atoms with Crippen molar-refractivity contribution >= 4 is 5.76 Å². The highest BCUT2D eigenvalue weighted by molar-refractivity contribution is 5.50. The predicted molar refractivity (Wildman–Crippen MR) is 47.7 cm³/mol. The molecule has 0 aliphatic rings. The molecule has 0 spiro atoms. The van der Waals surface area contributed by atoms with E-state index in [0.29, 0.717) is 17.4 Å². The SMILES string of the molecule is CC/C=C(\OC)c1ncc(CO)o1. The van der Waals surface area contributed by atoms with E-state index in [0.717, 1.165) is 6.42 Å². The fourth-order valence-electron chi connectivity index (χ4n) is 0.938. The zero-order valence-electron chi connectivity index (χ0n) is 7.78. The average Bonchev–Trinajstić information content (AvgIpc) is 2.62. The van der Waals surface area contributed by atoms with Crippen LogP contribution in [0, 0.1) is 0 Å². The summed E-state index contributed by atoms with van der Waals surface area (Å²) in [5, 5.41) is 8.74. The molecule has 0 saturated carbocycles. The Morgan fingerprint density at radius 3 is 3.00 bits per heavy atom. The molecule has 0 amide bonds.